The molecular weight excluding hydrogens is 165 g/mol. The average molecular weight is 179 g/mol. The molecule has 1 nitrogen and oxygen atoms in total. The zero-order valence-corrected chi connectivity index (χ0v) is 7.81. The van der Waals surface area contributed by atoms with Gasteiger partial charge in [0.15, 0.2) is 0 Å². The van der Waals surface area contributed by atoms with Gasteiger partial charge in [-0.15, -0.1) is 0 Å². The van der Waals surface area contributed by atoms with E-state index in [0.717, 1.165) is 24.0 Å². The highest BCUT2D eigenvalue weighted by Gasteiger charge is 2.32. The average Bonchev–Trinajstić information content (AvgIpc) is 2.45. The van der Waals surface area contributed by atoms with Crippen molar-refractivity contribution in [1.82, 2.24) is 0 Å². The molecule has 0 spiro atoms. The van der Waals surface area contributed by atoms with Crippen LogP contribution < -0.4 is 5.73 Å². The van der Waals surface area contributed by atoms with Gasteiger partial charge in [0.05, 0.1) is 0 Å². The molecule has 0 bridgehead atoms. The first-order valence-corrected chi connectivity index (χ1v) is 4.61. The van der Waals surface area contributed by atoms with Gasteiger partial charge in [-0.1, -0.05) is 19.1 Å². The van der Waals surface area contributed by atoms with E-state index in [2.05, 4.69) is 6.92 Å². The maximum Gasteiger partial charge on any atom is 0.126 e. The van der Waals surface area contributed by atoms with Crippen molar-refractivity contribution in [2.45, 2.75) is 19.8 Å². The van der Waals surface area contributed by atoms with E-state index in [1.165, 1.54) is 6.07 Å². The molecule has 2 rings (SSSR count). The molecule has 1 aromatic carbocycles. The van der Waals surface area contributed by atoms with Crippen molar-refractivity contribution in [3.63, 3.8) is 0 Å². The fraction of sp³-hybridized carbons (Fsp3) is 0.455. The second-order valence-electron chi connectivity index (χ2n) is 4.25. The Hall–Kier alpha value is -0.890. The summed E-state index contributed by atoms with van der Waals surface area (Å²) < 4.78 is 13.3. The Labute approximate surface area is 77.8 Å². The molecule has 1 aliphatic carbocycles. The zero-order chi connectivity index (χ0) is 9.47. The molecule has 0 heterocycles. The highest BCUT2D eigenvalue weighted by molar-refractivity contribution is 5.35. The maximum atomic E-state index is 13.3. The first-order chi connectivity index (χ1) is 6.14. The molecule has 0 amide bonds. The van der Waals surface area contributed by atoms with Crippen molar-refractivity contribution < 1.29 is 4.39 Å². The summed E-state index contributed by atoms with van der Waals surface area (Å²) in [7, 11) is 0. The minimum absolute atomic E-state index is 0.0739. The van der Waals surface area contributed by atoms with Crippen LogP contribution >= 0.6 is 0 Å². The van der Waals surface area contributed by atoms with Crippen LogP contribution in [0.25, 0.3) is 0 Å². The first kappa shape index (κ1) is 8.70. The fourth-order valence-electron chi connectivity index (χ4n) is 2.06. The normalized spacial score (nSPS) is 26.1. The van der Waals surface area contributed by atoms with Crippen LogP contribution in [0, 0.1) is 11.2 Å². The van der Waals surface area contributed by atoms with Crippen molar-refractivity contribution in [3.8, 4) is 0 Å². The van der Waals surface area contributed by atoms with Crippen LogP contribution in [0.3, 0.4) is 0 Å². The van der Waals surface area contributed by atoms with Crippen LogP contribution in [0.5, 0.6) is 0 Å². The Morgan fingerprint density at radius 1 is 1.46 bits per heavy atom. The maximum absolute atomic E-state index is 13.3. The second kappa shape index (κ2) is 2.81. The Bertz CT molecular complexity index is 335. The van der Waals surface area contributed by atoms with Crippen molar-refractivity contribution >= 4 is 0 Å². The summed E-state index contributed by atoms with van der Waals surface area (Å²) >= 11 is 0. The van der Waals surface area contributed by atoms with Gasteiger partial charge >= 0.3 is 0 Å². The Morgan fingerprint density at radius 2 is 2.23 bits per heavy atom. The van der Waals surface area contributed by atoms with Crippen LogP contribution in [0.4, 0.5) is 4.39 Å². The molecular formula is C11H14FN. The number of fused-ring (bicyclic) bond motifs is 1. The summed E-state index contributed by atoms with van der Waals surface area (Å²) in [6, 6.07) is 5.30. The van der Waals surface area contributed by atoms with Gasteiger partial charge in [-0.2, -0.15) is 0 Å². The topological polar surface area (TPSA) is 26.0 Å². The number of rotatable bonds is 1. The highest BCUT2D eigenvalue weighted by Crippen LogP contribution is 2.36. The molecule has 0 fully saturated rings. The minimum Gasteiger partial charge on any atom is -0.330 e. The van der Waals surface area contributed by atoms with Crippen LogP contribution in [0.2, 0.25) is 0 Å². The largest absolute Gasteiger partial charge is 0.330 e. The number of hydrogen-bond donors (Lipinski definition) is 1. The third-order valence-electron chi connectivity index (χ3n) is 2.93. The van der Waals surface area contributed by atoms with Gasteiger partial charge in [0, 0.05) is 0 Å². The summed E-state index contributed by atoms with van der Waals surface area (Å²) in [5.74, 6) is -0.0744. The van der Waals surface area contributed by atoms with Crippen molar-refractivity contribution in [3.05, 3.63) is 35.1 Å². The van der Waals surface area contributed by atoms with E-state index in [4.69, 9.17) is 5.73 Å². The van der Waals surface area contributed by atoms with Gasteiger partial charge in [-0.05, 0) is 42.0 Å². The molecule has 1 unspecified atom stereocenters. The lowest BCUT2D eigenvalue weighted by Crippen LogP contribution is -2.27. The van der Waals surface area contributed by atoms with Gasteiger partial charge in [-0.25, -0.2) is 4.39 Å². The molecule has 2 N–H and O–H groups in total. The molecule has 1 aromatic rings. The lowest BCUT2D eigenvalue weighted by Gasteiger charge is -2.20. The molecule has 0 saturated heterocycles. The Kier molecular flexibility index (Phi) is 1.88. The second-order valence-corrected chi connectivity index (χ2v) is 4.25. The Balaban J connectivity index is 2.40. The van der Waals surface area contributed by atoms with E-state index in [9.17, 15) is 4.39 Å². The summed E-state index contributed by atoms with van der Waals surface area (Å²) in [4.78, 5) is 0. The summed E-state index contributed by atoms with van der Waals surface area (Å²) in [5.41, 5.74) is 7.75. The van der Waals surface area contributed by atoms with Gasteiger partial charge in [-0.3, -0.25) is 0 Å². The van der Waals surface area contributed by atoms with Gasteiger partial charge in [0.1, 0.15) is 5.82 Å². The number of halogens is 1. The fourth-order valence-corrected chi connectivity index (χ4v) is 2.06. The summed E-state index contributed by atoms with van der Waals surface area (Å²) in [5, 5.41) is 0. The monoisotopic (exact) mass is 179 g/mol. The van der Waals surface area contributed by atoms with Crippen molar-refractivity contribution in [2.24, 2.45) is 11.1 Å². The minimum atomic E-state index is -0.0744. The van der Waals surface area contributed by atoms with Gasteiger partial charge < -0.3 is 5.73 Å². The lowest BCUT2D eigenvalue weighted by atomic mass is 9.88. The third kappa shape index (κ3) is 1.35. The molecule has 0 aromatic heterocycles. The highest BCUT2D eigenvalue weighted by atomic mass is 19.1. The van der Waals surface area contributed by atoms with E-state index in [1.807, 2.05) is 6.07 Å². The molecule has 70 valence electrons. The predicted molar refractivity (Wildman–Crippen MR) is 51.0 cm³/mol. The molecule has 13 heavy (non-hydrogen) atoms. The lowest BCUT2D eigenvalue weighted by molar-refractivity contribution is 0.357. The van der Waals surface area contributed by atoms with Gasteiger partial charge in [0.2, 0.25) is 0 Å². The Morgan fingerprint density at radius 3 is 2.85 bits per heavy atom. The number of benzene rings is 1. The smallest absolute Gasteiger partial charge is 0.126 e. The van der Waals surface area contributed by atoms with E-state index in [-0.39, 0.29) is 11.2 Å². The van der Waals surface area contributed by atoms with Crippen LogP contribution in [0.1, 0.15) is 18.1 Å². The number of nitrogens with two attached hydrogens (primary N) is 1. The molecule has 0 radical (unpaired) electrons. The third-order valence-corrected chi connectivity index (χ3v) is 2.93. The molecule has 0 saturated carbocycles. The summed E-state index contributed by atoms with van der Waals surface area (Å²) in [6.07, 6.45) is 1.70. The van der Waals surface area contributed by atoms with E-state index < -0.39 is 0 Å². The van der Waals surface area contributed by atoms with Crippen LogP contribution in [-0.4, -0.2) is 6.54 Å². The van der Waals surface area contributed by atoms with Crippen molar-refractivity contribution in [1.29, 1.82) is 0 Å². The molecule has 2 heteroatoms. The first-order valence-electron chi connectivity index (χ1n) is 4.61. The van der Waals surface area contributed by atoms with E-state index in [1.54, 1.807) is 6.07 Å². The van der Waals surface area contributed by atoms with E-state index >= 15 is 0 Å². The zero-order valence-electron chi connectivity index (χ0n) is 7.81. The van der Waals surface area contributed by atoms with E-state index in [0.29, 0.717) is 6.54 Å². The molecule has 1 atom stereocenters. The molecule has 1 aliphatic rings. The van der Waals surface area contributed by atoms with Crippen LogP contribution in [-0.2, 0) is 12.8 Å². The standard InChI is InChI=1S/C11H14FN/c1-11(7-13)5-8-3-2-4-10(12)9(8)6-11/h2-4H,5-7,13H2,1H3. The summed E-state index contributed by atoms with van der Waals surface area (Å²) in [6.45, 7) is 2.74. The quantitative estimate of drug-likeness (QED) is 0.700. The molecule has 0 aliphatic heterocycles. The van der Waals surface area contributed by atoms with Crippen LogP contribution in [0.15, 0.2) is 18.2 Å². The number of hydrogen-bond acceptors (Lipinski definition) is 1. The predicted octanol–water partition coefficient (Wildman–Crippen LogP) is 1.89. The van der Waals surface area contributed by atoms with Gasteiger partial charge in [0.25, 0.3) is 0 Å². The van der Waals surface area contributed by atoms with Crippen molar-refractivity contribution in [2.75, 3.05) is 6.54 Å². The SMILES string of the molecule is CC1(CN)Cc2cccc(F)c2C1.